The maximum atomic E-state index is 12.8. The largest absolute Gasteiger partial charge is 0.478 e. The first-order chi connectivity index (χ1) is 14.2. The van der Waals surface area contributed by atoms with Crippen molar-refractivity contribution in [2.75, 3.05) is 24.5 Å². The smallest absolute Gasteiger partial charge is 0.335 e. The van der Waals surface area contributed by atoms with Gasteiger partial charge in [-0.3, -0.25) is 4.79 Å². The predicted molar refractivity (Wildman–Crippen MR) is 112 cm³/mol. The Morgan fingerprint density at radius 2 is 2.10 bits per heavy atom. The average molecular weight is 412 g/mol. The number of carboxylic acids is 1. The number of pyridine rings is 1. The number of hydrogen-bond donors (Lipinski definition) is 3. The molecule has 0 radical (unpaired) electrons. The van der Waals surface area contributed by atoms with Gasteiger partial charge in [0.05, 0.1) is 24.2 Å². The summed E-state index contributed by atoms with van der Waals surface area (Å²) in [5, 5.41) is 29.8. The molecule has 9 heteroatoms. The number of carbonyl (C=O) groups is 2. The van der Waals surface area contributed by atoms with Crippen molar-refractivity contribution in [3.05, 3.63) is 23.9 Å². The van der Waals surface area contributed by atoms with Gasteiger partial charge in [0.1, 0.15) is 11.9 Å². The van der Waals surface area contributed by atoms with Gasteiger partial charge in [-0.2, -0.15) is 5.26 Å². The third-order valence-electron chi connectivity index (χ3n) is 6.17. The van der Waals surface area contributed by atoms with Gasteiger partial charge in [-0.25, -0.2) is 9.78 Å². The molecule has 0 spiro atoms. The lowest BCUT2D eigenvalue weighted by Gasteiger charge is -2.41. The van der Waals surface area contributed by atoms with Gasteiger partial charge in [0, 0.05) is 30.5 Å². The predicted octanol–water partition coefficient (Wildman–Crippen LogP) is 1.65. The molecule has 1 amide bonds. The summed E-state index contributed by atoms with van der Waals surface area (Å²) in [6.07, 6.45) is 4.32. The van der Waals surface area contributed by atoms with Crippen LogP contribution in [0.25, 0.3) is 0 Å². The number of carbonyl (C=O) groups excluding carboxylic acids is 1. The van der Waals surface area contributed by atoms with Gasteiger partial charge < -0.3 is 25.6 Å². The molecule has 9 nitrogen and oxygen atoms in total. The van der Waals surface area contributed by atoms with E-state index in [0.29, 0.717) is 37.5 Å². The van der Waals surface area contributed by atoms with E-state index in [2.05, 4.69) is 28.2 Å². The van der Waals surface area contributed by atoms with Gasteiger partial charge in [0.25, 0.3) is 0 Å². The van der Waals surface area contributed by atoms with Gasteiger partial charge >= 0.3 is 5.97 Å². The number of anilines is 1. The van der Waals surface area contributed by atoms with Gasteiger partial charge in [0.15, 0.2) is 0 Å². The molecule has 30 heavy (non-hydrogen) atoms. The first-order valence-electron chi connectivity index (χ1n) is 10.2. The molecule has 2 aliphatic heterocycles. The van der Waals surface area contributed by atoms with Crippen molar-refractivity contribution in [1.82, 2.24) is 15.2 Å². The average Bonchev–Trinajstić information content (AvgIpc) is 3.17. The second-order valence-electron chi connectivity index (χ2n) is 8.33. The highest BCUT2D eigenvalue weighted by Gasteiger charge is 2.39. The minimum absolute atomic E-state index is 0.130. The Labute approximate surface area is 176 Å². The fourth-order valence-electron chi connectivity index (χ4n) is 4.22. The monoisotopic (exact) mass is 412 g/mol. The number of aromatic carboxylic acids is 1. The number of aromatic nitrogens is 1. The number of carboxylic acid groups (broad SMARTS) is 1. The molecule has 3 N–H and O–H groups in total. The number of hydrogen-bond acceptors (Lipinski definition) is 7. The number of piperidine rings is 1. The highest BCUT2D eigenvalue weighted by molar-refractivity contribution is 5.91. The van der Waals surface area contributed by atoms with E-state index in [9.17, 15) is 14.9 Å². The molecule has 1 aromatic rings. The van der Waals surface area contributed by atoms with Gasteiger partial charge in [-0.1, -0.05) is 0 Å². The van der Waals surface area contributed by atoms with Gasteiger partial charge in [-0.15, -0.1) is 0 Å². The zero-order valence-electron chi connectivity index (χ0n) is 17.4. The Morgan fingerprint density at radius 1 is 1.40 bits per heavy atom. The van der Waals surface area contributed by atoms with Crippen molar-refractivity contribution in [2.24, 2.45) is 0 Å². The maximum Gasteiger partial charge on any atom is 0.335 e. The van der Waals surface area contributed by atoms with E-state index < -0.39 is 12.0 Å². The maximum absolute atomic E-state index is 12.8. The van der Waals surface area contributed by atoms with E-state index in [0.717, 1.165) is 12.8 Å². The van der Waals surface area contributed by atoms with Crippen molar-refractivity contribution >= 4 is 23.4 Å². The lowest BCUT2D eigenvalue weighted by molar-refractivity contribution is -0.131. The van der Waals surface area contributed by atoms with Crippen LogP contribution in [0.2, 0.25) is 0 Å². The molecule has 0 bridgehead atoms. The SMILES string of the molecule is CC(=N)[C@H]1CC[C@@H](C#N)N1C(=O)CNC1(C)CCN(c2cc(C(=O)O)ccn2)CC1. The summed E-state index contributed by atoms with van der Waals surface area (Å²) in [5.74, 6) is -0.474. The van der Waals surface area contributed by atoms with E-state index in [-0.39, 0.29) is 29.6 Å². The molecule has 3 rings (SSSR count). The summed E-state index contributed by atoms with van der Waals surface area (Å²) in [6, 6.07) is 4.49. The van der Waals surface area contributed by atoms with Crippen LogP contribution in [0.5, 0.6) is 0 Å². The number of nitriles is 1. The van der Waals surface area contributed by atoms with Crippen molar-refractivity contribution < 1.29 is 14.7 Å². The molecular weight excluding hydrogens is 384 g/mol. The van der Waals surface area contributed by atoms with Crippen LogP contribution >= 0.6 is 0 Å². The molecule has 160 valence electrons. The molecule has 2 atom stereocenters. The molecule has 2 aliphatic rings. The Kier molecular flexibility index (Phi) is 6.37. The van der Waals surface area contributed by atoms with Crippen LogP contribution in [0.15, 0.2) is 18.3 Å². The van der Waals surface area contributed by atoms with Crippen LogP contribution in [-0.4, -0.2) is 69.8 Å². The lowest BCUT2D eigenvalue weighted by Crippen LogP contribution is -2.55. The standard InChI is InChI=1S/C21H28N6O3/c1-14(23)17-4-3-16(12-22)27(17)19(28)13-25-21(2)6-9-26(10-7-21)18-11-15(20(29)30)5-8-24-18/h5,8,11,16-17,23,25H,3-4,6-7,9-10,13H2,1-2H3,(H,29,30)/t16-,17+/m0/s1. The fraction of sp³-hybridized carbons (Fsp3) is 0.571. The molecule has 3 heterocycles. The Balaban J connectivity index is 1.58. The highest BCUT2D eigenvalue weighted by atomic mass is 16.4. The van der Waals surface area contributed by atoms with Crippen LogP contribution < -0.4 is 10.2 Å². The molecule has 2 fully saturated rings. The second-order valence-corrected chi connectivity index (χ2v) is 8.33. The third kappa shape index (κ3) is 4.60. The van der Waals surface area contributed by atoms with Crippen LogP contribution in [-0.2, 0) is 4.79 Å². The number of nitrogens with zero attached hydrogens (tertiary/aromatic N) is 4. The molecule has 0 aliphatic carbocycles. The number of likely N-dealkylation sites (tertiary alicyclic amines) is 1. The first kappa shape index (κ1) is 21.7. The van der Waals surface area contributed by atoms with E-state index in [4.69, 9.17) is 10.5 Å². The molecule has 1 aromatic heterocycles. The highest BCUT2D eigenvalue weighted by Crippen LogP contribution is 2.27. The van der Waals surface area contributed by atoms with E-state index >= 15 is 0 Å². The van der Waals surface area contributed by atoms with Crippen molar-refractivity contribution in [1.29, 1.82) is 10.7 Å². The quantitative estimate of drug-likeness (QED) is 0.605. The minimum Gasteiger partial charge on any atom is -0.478 e. The van der Waals surface area contributed by atoms with Crippen molar-refractivity contribution in [3.8, 4) is 6.07 Å². The van der Waals surface area contributed by atoms with Gasteiger partial charge in [0.2, 0.25) is 5.91 Å². The summed E-state index contributed by atoms with van der Waals surface area (Å²) in [4.78, 5) is 31.9. The van der Waals surface area contributed by atoms with E-state index in [1.807, 2.05) is 0 Å². The van der Waals surface area contributed by atoms with Crippen LogP contribution in [0.4, 0.5) is 5.82 Å². The fourth-order valence-corrected chi connectivity index (χ4v) is 4.22. The summed E-state index contributed by atoms with van der Waals surface area (Å²) < 4.78 is 0. The number of rotatable bonds is 6. The number of amides is 1. The summed E-state index contributed by atoms with van der Waals surface area (Å²) in [7, 11) is 0. The molecular formula is C21H28N6O3. The second kappa shape index (κ2) is 8.79. The normalized spacial score (nSPS) is 23.1. The zero-order chi connectivity index (χ0) is 21.9. The van der Waals surface area contributed by atoms with E-state index in [1.165, 1.54) is 12.3 Å². The van der Waals surface area contributed by atoms with Gasteiger partial charge in [-0.05, 0) is 51.7 Å². The molecule has 0 unspecified atom stereocenters. The Hall–Kier alpha value is -2.99. The van der Waals surface area contributed by atoms with Crippen LogP contribution in [0, 0.1) is 16.7 Å². The minimum atomic E-state index is -0.975. The lowest BCUT2D eigenvalue weighted by atomic mass is 9.89. The molecule has 2 saturated heterocycles. The van der Waals surface area contributed by atoms with Crippen LogP contribution in [0.3, 0.4) is 0 Å². The Morgan fingerprint density at radius 3 is 2.70 bits per heavy atom. The molecule has 0 aromatic carbocycles. The summed E-state index contributed by atoms with van der Waals surface area (Å²) in [6.45, 7) is 5.28. The zero-order valence-corrected chi connectivity index (χ0v) is 17.4. The number of nitrogens with one attached hydrogen (secondary N) is 2. The topological polar surface area (TPSA) is 133 Å². The van der Waals surface area contributed by atoms with Crippen molar-refractivity contribution in [2.45, 2.75) is 57.2 Å². The first-order valence-corrected chi connectivity index (χ1v) is 10.2. The summed E-state index contributed by atoms with van der Waals surface area (Å²) >= 11 is 0. The van der Waals surface area contributed by atoms with Crippen molar-refractivity contribution in [3.63, 3.8) is 0 Å². The Bertz CT molecular complexity index is 872. The summed E-state index contributed by atoms with van der Waals surface area (Å²) in [5.41, 5.74) is 0.385. The molecule has 0 saturated carbocycles. The van der Waals surface area contributed by atoms with E-state index in [1.54, 1.807) is 17.9 Å². The van der Waals surface area contributed by atoms with Crippen LogP contribution in [0.1, 0.15) is 49.9 Å². The third-order valence-corrected chi connectivity index (χ3v) is 6.17.